The number of nitrogens with zero attached hydrogens (tertiary/aromatic N) is 1. The van der Waals surface area contributed by atoms with Gasteiger partial charge in [0.25, 0.3) is 0 Å². The third-order valence-electron chi connectivity index (χ3n) is 1.80. The third kappa shape index (κ3) is 6.38. The van der Waals surface area contributed by atoms with E-state index in [1.165, 1.54) is 4.90 Å². The van der Waals surface area contributed by atoms with Crippen LogP contribution in [0.5, 0.6) is 0 Å². The quantitative estimate of drug-likeness (QED) is 0.647. The zero-order chi connectivity index (χ0) is 11.8. The van der Waals surface area contributed by atoms with Gasteiger partial charge in [-0.3, -0.25) is 4.79 Å². The lowest BCUT2D eigenvalue weighted by Gasteiger charge is -2.16. The van der Waals surface area contributed by atoms with Crippen molar-refractivity contribution in [3.8, 4) is 12.3 Å². The number of hydrogen-bond donors (Lipinski definition) is 2. The molecule has 0 saturated carbocycles. The van der Waals surface area contributed by atoms with E-state index in [4.69, 9.17) is 11.5 Å². The largest absolute Gasteiger partial charge is 0.481 e. The molecular formula is C10H16N2O3. The van der Waals surface area contributed by atoms with Crippen LogP contribution in [0, 0.1) is 18.3 Å². The minimum absolute atomic E-state index is 0.0408. The van der Waals surface area contributed by atoms with Gasteiger partial charge in [-0.2, -0.15) is 0 Å². The predicted molar refractivity (Wildman–Crippen MR) is 56.3 cm³/mol. The highest BCUT2D eigenvalue weighted by atomic mass is 16.4. The van der Waals surface area contributed by atoms with Crippen molar-refractivity contribution in [3.05, 3.63) is 0 Å². The molecule has 0 aliphatic carbocycles. The third-order valence-corrected chi connectivity index (χ3v) is 1.80. The van der Waals surface area contributed by atoms with Crippen LogP contribution in [0.2, 0.25) is 0 Å². The molecule has 0 aliphatic rings. The molecule has 84 valence electrons. The first-order valence-electron chi connectivity index (χ1n) is 4.61. The number of carboxylic acid groups (broad SMARTS) is 1. The van der Waals surface area contributed by atoms with Gasteiger partial charge < -0.3 is 15.3 Å². The van der Waals surface area contributed by atoms with Gasteiger partial charge in [-0.25, -0.2) is 4.79 Å². The fourth-order valence-electron chi connectivity index (χ4n) is 0.975. The monoisotopic (exact) mass is 212 g/mol. The summed E-state index contributed by atoms with van der Waals surface area (Å²) in [5.41, 5.74) is 0. The lowest BCUT2D eigenvalue weighted by molar-refractivity contribution is -0.137. The molecular weight excluding hydrogens is 196 g/mol. The molecule has 1 atom stereocenters. The van der Waals surface area contributed by atoms with E-state index < -0.39 is 5.97 Å². The number of hydrogen-bond acceptors (Lipinski definition) is 2. The fraction of sp³-hybridized carbons (Fsp3) is 0.600. The van der Waals surface area contributed by atoms with E-state index >= 15 is 0 Å². The number of amides is 2. The Labute approximate surface area is 89.4 Å². The van der Waals surface area contributed by atoms with Crippen molar-refractivity contribution in [2.45, 2.75) is 13.3 Å². The Kier molecular flexibility index (Phi) is 5.95. The summed E-state index contributed by atoms with van der Waals surface area (Å²) in [4.78, 5) is 23.0. The van der Waals surface area contributed by atoms with E-state index in [0.29, 0.717) is 6.54 Å². The molecule has 2 N–H and O–H groups in total. The molecule has 5 heteroatoms. The number of aliphatic carboxylic acids is 1. The molecule has 0 aromatic rings. The zero-order valence-electron chi connectivity index (χ0n) is 8.99. The van der Waals surface area contributed by atoms with Gasteiger partial charge in [0.1, 0.15) is 0 Å². The number of carbonyl (C=O) groups is 2. The summed E-state index contributed by atoms with van der Waals surface area (Å²) in [7, 11) is 1.58. The van der Waals surface area contributed by atoms with Crippen molar-refractivity contribution in [1.29, 1.82) is 0 Å². The summed E-state index contributed by atoms with van der Waals surface area (Å²) in [5, 5.41) is 11.1. The average molecular weight is 212 g/mol. The maximum Gasteiger partial charge on any atom is 0.317 e. The highest BCUT2D eigenvalue weighted by Gasteiger charge is 2.11. The fourth-order valence-corrected chi connectivity index (χ4v) is 0.975. The van der Waals surface area contributed by atoms with E-state index in [0.717, 1.165) is 0 Å². The van der Waals surface area contributed by atoms with Gasteiger partial charge in [0.2, 0.25) is 0 Å². The molecule has 0 spiro atoms. The molecule has 5 nitrogen and oxygen atoms in total. The summed E-state index contributed by atoms with van der Waals surface area (Å²) in [6.07, 6.45) is 5.08. The number of carbonyl (C=O) groups excluding carboxylic acids is 1. The molecule has 0 aliphatic heterocycles. The second-order valence-electron chi connectivity index (χ2n) is 3.45. The van der Waals surface area contributed by atoms with Gasteiger partial charge in [-0.15, -0.1) is 6.42 Å². The van der Waals surface area contributed by atoms with Gasteiger partial charge in [-0.05, 0) is 5.92 Å². The maximum atomic E-state index is 11.3. The standard InChI is InChI=1S/C10H16N2O3/c1-4-5-12(3)10(15)11-7-8(2)6-9(13)14/h1,8H,5-7H2,2-3H3,(H,11,15)(H,13,14). The molecule has 0 radical (unpaired) electrons. The van der Waals surface area contributed by atoms with Crippen LogP contribution in [0.25, 0.3) is 0 Å². The van der Waals surface area contributed by atoms with Crippen molar-refractivity contribution in [1.82, 2.24) is 10.2 Å². The predicted octanol–water partition coefficient (Wildman–Crippen LogP) is 0.372. The molecule has 0 aromatic carbocycles. The molecule has 0 fully saturated rings. The minimum Gasteiger partial charge on any atom is -0.481 e. The second kappa shape index (κ2) is 6.71. The van der Waals surface area contributed by atoms with Crippen molar-refractivity contribution in [3.63, 3.8) is 0 Å². The van der Waals surface area contributed by atoms with Gasteiger partial charge in [0.15, 0.2) is 0 Å². The molecule has 0 aromatic heterocycles. The van der Waals surface area contributed by atoms with Crippen LogP contribution < -0.4 is 5.32 Å². The highest BCUT2D eigenvalue weighted by molar-refractivity contribution is 5.74. The lowest BCUT2D eigenvalue weighted by atomic mass is 10.1. The van der Waals surface area contributed by atoms with Crippen LogP contribution in [-0.2, 0) is 4.79 Å². The SMILES string of the molecule is C#CCN(C)C(=O)NCC(C)CC(=O)O. The van der Waals surface area contributed by atoms with E-state index in [1.807, 2.05) is 0 Å². The molecule has 1 unspecified atom stereocenters. The Bertz CT molecular complexity index is 270. The maximum absolute atomic E-state index is 11.3. The number of rotatable bonds is 5. The normalized spacial score (nSPS) is 11.3. The van der Waals surface area contributed by atoms with E-state index in [9.17, 15) is 9.59 Å². The lowest BCUT2D eigenvalue weighted by Crippen LogP contribution is -2.39. The van der Waals surface area contributed by atoms with Crippen LogP contribution in [0.4, 0.5) is 4.79 Å². The van der Waals surface area contributed by atoms with Crippen LogP contribution in [-0.4, -0.2) is 42.1 Å². The van der Waals surface area contributed by atoms with Crippen molar-refractivity contribution in [2.75, 3.05) is 20.1 Å². The Morgan fingerprint density at radius 3 is 2.67 bits per heavy atom. The van der Waals surface area contributed by atoms with E-state index in [-0.39, 0.29) is 24.9 Å². The number of terminal acetylenes is 1. The summed E-state index contributed by atoms with van der Waals surface area (Å²) < 4.78 is 0. The van der Waals surface area contributed by atoms with Crippen molar-refractivity contribution in [2.24, 2.45) is 5.92 Å². The Morgan fingerprint density at radius 1 is 1.60 bits per heavy atom. The summed E-state index contributed by atoms with van der Waals surface area (Å²) in [5.74, 6) is 1.38. The van der Waals surface area contributed by atoms with Crippen molar-refractivity contribution >= 4 is 12.0 Å². The topological polar surface area (TPSA) is 69.6 Å². The molecule has 0 heterocycles. The van der Waals surface area contributed by atoms with Crippen LogP contribution in [0.15, 0.2) is 0 Å². The highest BCUT2D eigenvalue weighted by Crippen LogP contribution is 1.99. The van der Waals surface area contributed by atoms with Gasteiger partial charge in [-0.1, -0.05) is 12.8 Å². The number of urea groups is 1. The Morgan fingerprint density at radius 2 is 2.20 bits per heavy atom. The van der Waals surface area contributed by atoms with Gasteiger partial charge in [0, 0.05) is 20.0 Å². The van der Waals surface area contributed by atoms with Gasteiger partial charge in [0.05, 0.1) is 6.54 Å². The summed E-state index contributed by atoms with van der Waals surface area (Å²) in [6, 6.07) is -0.287. The molecule has 0 bridgehead atoms. The summed E-state index contributed by atoms with van der Waals surface area (Å²) in [6.45, 7) is 2.33. The summed E-state index contributed by atoms with van der Waals surface area (Å²) >= 11 is 0. The smallest absolute Gasteiger partial charge is 0.317 e. The van der Waals surface area contributed by atoms with Crippen LogP contribution in [0.3, 0.4) is 0 Å². The average Bonchev–Trinajstić information content (AvgIpc) is 2.13. The number of carboxylic acids is 1. The molecule has 2 amide bonds. The second-order valence-corrected chi connectivity index (χ2v) is 3.45. The first-order valence-corrected chi connectivity index (χ1v) is 4.61. The zero-order valence-corrected chi connectivity index (χ0v) is 8.99. The first kappa shape index (κ1) is 13.3. The first-order chi connectivity index (χ1) is 6.97. The van der Waals surface area contributed by atoms with E-state index in [2.05, 4.69) is 11.2 Å². The van der Waals surface area contributed by atoms with Gasteiger partial charge >= 0.3 is 12.0 Å². The van der Waals surface area contributed by atoms with Crippen LogP contribution >= 0.6 is 0 Å². The molecule has 0 rings (SSSR count). The Hall–Kier alpha value is -1.70. The molecule has 15 heavy (non-hydrogen) atoms. The van der Waals surface area contributed by atoms with E-state index in [1.54, 1.807) is 14.0 Å². The minimum atomic E-state index is -0.867. The Balaban J connectivity index is 3.80. The molecule has 0 saturated heterocycles. The van der Waals surface area contributed by atoms with Crippen molar-refractivity contribution < 1.29 is 14.7 Å². The number of nitrogens with one attached hydrogen (secondary N) is 1. The van der Waals surface area contributed by atoms with Crippen LogP contribution in [0.1, 0.15) is 13.3 Å².